The van der Waals surface area contributed by atoms with Gasteiger partial charge in [-0.15, -0.1) is 5.92 Å². The molecule has 0 aliphatic heterocycles. The Kier molecular flexibility index (Phi) is 15.9. The highest BCUT2D eigenvalue weighted by Gasteiger charge is 1.79. The summed E-state index contributed by atoms with van der Waals surface area (Å²) >= 11 is 0. The average Bonchev–Trinajstić information content (AvgIpc) is 2.06. The Morgan fingerprint density at radius 3 is 1.77 bits per heavy atom. The molecule has 0 radical (unpaired) electrons. The maximum absolute atomic E-state index is 7.93. The zero-order chi connectivity index (χ0) is 10.5. The van der Waals surface area contributed by atoms with Crippen molar-refractivity contribution in [1.82, 2.24) is 0 Å². The Bertz CT molecular complexity index is 131. The number of rotatable bonds is 4. The van der Waals surface area contributed by atoms with Crippen LogP contribution >= 0.6 is 0 Å². The van der Waals surface area contributed by atoms with Crippen LogP contribution in [0.4, 0.5) is 0 Å². The van der Waals surface area contributed by atoms with Crippen LogP contribution in [-0.4, -0.2) is 29.7 Å². The van der Waals surface area contributed by atoms with Crippen LogP contribution in [-0.2, 0) is 14.8 Å². The Morgan fingerprint density at radius 2 is 1.62 bits per heavy atom. The van der Waals surface area contributed by atoms with Gasteiger partial charge in [0.25, 0.3) is 0 Å². The molecule has 0 rings (SSSR count). The van der Waals surface area contributed by atoms with Crippen LogP contribution in [0.15, 0.2) is 0 Å². The Balaban J connectivity index is 0. The van der Waals surface area contributed by atoms with Crippen molar-refractivity contribution < 1.29 is 25.0 Å². The van der Waals surface area contributed by atoms with Crippen LogP contribution in [0.1, 0.15) is 20.8 Å². The molecule has 13 heavy (non-hydrogen) atoms. The van der Waals surface area contributed by atoms with Gasteiger partial charge in [-0.2, -0.15) is 0 Å². The number of hydrogen-bond donors (Lipinski definition) is 2. The number of aliphatic hydroxyl groups is 2. The van der Waals surface area contributed by atoms with Gasteiger partial charge in [0.2, 0.25) is 6.29 Å². The highest BCUT2D eigenvalue weighted by atomic mass is 17.5. The molecule has 0 bridgehead atoms. The van der Waals surface area contributed by atoms with E-state index in [1.807, 2.05) is 13.8 Å². The van der Waals surface area contributed by atoms with Gasteiger partial charge < -0.3 is 10.2 Å². The van der Waals surface area contributed by atoms with E-state index in [0.29, 0.717) is 13.2 Å². The van der Waals surface area contributed by atoms with Crippen LogP contribution in [0.2, 0.25) is 0 Å². The molecular formula is C8H16O5. The number of aliphatic hydroxyl groups excluding tert-OH is 1. The topological polar surface area (TPSA) is 68.2 Å². The van der Waals surface area contributed by atoms with Crippen molar-refractivity contribution in [1.29, 1.82) is 0 Å². The molecule has 0 spiro atoms. The average molecular weight is 192 g/mol. The molecule has 5 heteroatoms. The summed E-state index contributed by atoms with van der Waals surface area (Å²) in [5.74, 6) is 4.39. The van der Waals surface area contributed by atoms with E-state index in [9.17, 15) is 0 Å². The highest BCUT2D eigenvalue weighted by molar-refractivity contribution is 4.96. The summed E-state index contributed by atoms with van der Waals surface area (Å²) in [7, 11) is 0. The molecule has 0 amide bonds. The molecule has 0 heterocycles. The van der Waals surface area contributed by atoms with Gasteiger partial charge in [0.15, 0.2) is 0 Å². The second-order valence-electron chi connectivity index (χ2n) is 1.65. The van der Waals surface area contributed by atoms with Crippen molar-refractivity contribution in [3.05, 3.63) is 0 Å². The lowest BCUT2D eigenvalue weighted by Gasteiger charge is -1.94. The van der Waals surface area contributed by atoms with Gasteiger partial charge in [0.05, 0.1) is 13.2 Å². The summed E-state index contributed by atoms with van der Waals surface area (Å²) < 4.78 is 0. The Labute approximate surface area is 78.1 Å². The van der Waals surface area contributed by atoms with Gasteiger partial charge in [0, 0.05) is 0 Å². The van der Waals surface area contributed by atoms with Crippen LogP contribution in [0.5, 0.6) is 0 Å². The van der Waals surface area contributed by atoms with Gasteiger partial charge in [-0.1, -0.05) is 5.04 Å². The fraction of sp³-hybridized carbons (Fsp3) is 0.750. The van der Waals surface area contributed by atoms with Crippen molar-refractivity contribution in [2.24, 2.45) is 0 Å². The molecule has 78 valence electrons. The lowest BCUT2D eigenvalue weighted by molar-refractivity contribution is -0.509. The first-order valence-electron chi connectivity index (χ1n) is 3.88. The third-order valence-corrected chi connectivity index (χ3v) is 0.605. The summed E-state index contributed by atoms with van der Waals surface area (Å²) in [5, 5.41) is 20.0. The third kappa shape index (κ3) is 24.6. The summed E-state index contributed by atoms with van der Waals surface area (Å²) in [6.07, 6.45) is -1.46. The maximum atomic E-state index is 7.93. The van der Waals surface area contributed by atoms with E-state index in [2.05, 4.69) is 26.7 Å². The van der Waals surface area contributed by atoms with Gasteiger partial charge in [-0.25, -0.2) is 9.78 Å². The predicted molar refractivity (Wildman–Crippen MR) is 46.0 cm³/mol. The minimum atomic E-state index is -1.46. The van der Waals surface area contributed by atoms with E-state index in [0.717, 1.165) is 0 Å². The van der Waals surface area contributed by atoms with Gasteiger partial charge >= 0.3 is 0 Å². The van der Waals surface area contributed by atoms with E-state index in [4.69, 9.17) is 10.2 Å². The standard InChI is InChI=1S/C4H10O3.C4H6O2/c1-3-5-7-6-4-2;1-2-3-4(5)6/h3-4H2,1-2H3;4-6H,1H3. The normalized spacial score (nSPS) is 8.46. The highest BCUT2D eigenvalue weighted by Crippen LogP contribution is 1.77. The maximum Gasteiger partial charge on any atom is 0.217 e. The molecule has 5 nitrogen and oxygen atoms in total. The largest absolute Gasteiger partial charge is 0.358 e. The van der Waals surface area contributed by atoms with Crippen molar-refractivity contribution in [3.63, 3.8) is 0 Å². The molecule has 0 aliphatic rings. The van der Waals surface area contributed by atoms with Crippen LogP contribution in [0.25, 0.3) is 0 Å². The lowest BCUT2D eigenvalue weighted by atomic mass is 10.6. The van der Waals surface area contributed by atoms with E-state index < -0.39 is 6.29 Å². The van der Waals surface area contributed by atoms with Crippen molar-refractivity contribution in [2.45, 2.75) is 27.1 Å². The first-order chi connectivity index (χ1) is 6.18. The van der Waals surface area contributed by atoms with Crippen LogP contribution in [0, 0.1) is 11.8 Å². The third-order valence-electron chi connectivity index (χ3n) is 0.605. The van der Waals surface area contributed by atoms with Crippen molar-refractivity contribution in [3.8, 4) is 11.8 Å². The van der Waals surface area contributed by atoms with E-state index >= 15 is 0 Å². The molecule has 0 aromatic carbocycles. The predicted octanol–water partition coefficient (Wildman–Crippen LogP) is 0.226. The fourth-order valence-corrected chi connectivity index (χ4v) is 0.259. The van der Waals surface area contributed by atoms with Gasteiger partial charge in [-0.05, 0) is 26.7 Å². The molecule has 0 aromatic heterocycles. The van der Waals surface area contributed by atoms with Crippen LogP contribution in [0.3, 0.4) is 0 Å². The molecule has 2 N–H and O–H groups in total. The second kappa shape index (κ2) is 13.9. The first kappa shape index (κ1) is 14.9. The number of hydrogen-bond acceptors (Lipinski definition) is 5. The van der Waals surface area contributed by atoms with E-state index in [1.165, 1.54) is 0 Å². The first-order valence-corrected chi connectivity index (χ1v) is 3.88. The Morgan fingerprint density at radius 1 is 1.15 bits per heavy atom. The summed E-state index contributed by atoms with van der Waals surface area (Å²) in [5.41, 5.74) is 0. The van der Waals surface area contributed by atoms with Gasteiger partial charge in [0.1, 0.15) is 0 Å². The van der Waals surface area contributed by atoms with Gasteiger partial charge in [-0.3, -0.25) is 0 Å². The van der Waals surface area contributed by atoms with E-state index in [-0.39, 0.29) is 0 Å². The quantitative estimate of drug-likeness (QED) is 0.219. The zero-order valence-corrected chi connectivity index (χ0v) is 8.11. The fourth-order valence-electron chi connectivity index (χ4n) is 0.259. The molecule has 0 unspecified atom stereocenters. The Hall–Kier alpha value is -0.640. The lowest BCUT2D eigenvalue weighted by Crippen LogP contribution is -1.97. The smallest absolute Gasteiger partial charge is 0.217 e. The minimum absolute atomic E-state index is 0.514. The van der Waals surface area contributed by atoms with E-state index in [1.54, 1.807) is 6.92 Å². The summed E-state index contributed by atoms with van der Waals surface area (Å²) in [4.78, 5) is 8.70. The molecule has 0 saturated heterocycles. The molecule has 0 fully saturated rings. The molecular weight excluding hydrogens is 176 g/mol. The summed E-state index contributed by atoms with van der Waals surface area (Å²) in [6, 6.07) is 0. The van der Waals surface area contributed by atoms with Crippen molar-refractivity contribution >= 4 is 0 Å². The second-order valence-corrected chi connectivity index (χ2v) is 1.65. The SMILES string of the molecule is CC#CC(O)O.CCOOOCC. The van der Waals surface area contributed by atoms with Crippen LogP contribution < -0.4 is 0 Å². The monoisotopic (exact) mass is 192 g/mol. The zero-order valence-electron chi connectivity index (χ0n) is 8.11. The summed E-state index contributed by atoms with van der Waals surface area (Å²) in [6.45, 7) is 6.21. The molecule has 0 saturated carbocycles. The molecule has 0 aromatic rings. The molecule has 0 aliphatic carbocycles. The van der Waals surface area contributed by atoms with Crippen molar-refractivity contribution in [2.75, 3.05) is 13.2 Å². The minimum Gasteiger partial charge on any atom is -0.358 e. The molecule has 0 atom stereocenters.